The monoisotopic (exact) mass is 346 g/mol. The van der Waals surface area contributed by atoms with Gasteiger partial charge in [0.15, 0.2) is 6.61 Å². The summed E-state index contributed by atoms with van der Waals surface area (Å²) in [6.45, 7) is 2.36. The zero-order chi connectivity index (χ0) is 16.8. The zero-order valence-corrected chi connectivity index (χ0v) is 13.9. The topological polar surface area (TPSA) is 67.9 Å². The van der Waals surface area contributed by atoms with Crippen LogP contribution in [0.2, 0.25) is 0 Å². The van der Waals surface area contributed by atoms with Crippen molar-refractivity contribution in [2.75, 3.05) is 38.2 Å². The number of rotatable bonds is 5. The third-order valence-electron chi connectivity index (χ3n) is 3.58. The van der Waals surface area contributed by atoms with E-state index in [9.17, 15) is 9.59 Å². The highest BCUT2D eigenvalue weighted by Crippen LogP contribution is 2.18. The highest BCUT2D eigenvalue weighted by molar-refractivity contribution is 7.12. The van der Waals surface area contributed by atoms with Gasteiger partial charge in [-0.25, -0.2) is 0 Å². The third-order valence-corrected chi connectivity index (χ3v) is 4.45. The molecule has 1 aromatic heterocycles. The number of ether oxygens (including phenoxy) is 2. The second-order valence-corrected chi connectivity index (χ2v) is 6.19. The fraction of sp³-hybridized carbons (Fsp3) is 0.294. The van der Waals surface area contributed by atoms with Gasteiger partial charge in [-0.3, -0.25) is 9.59 Å². The lowest BCUT2D eigenvalue weighted by Gasteiger charge is -2.26. The minimum Gasteiger partial charge on any atom is -0.484 e. The van der Waals surface area contributed by atoms with E-state index in [1.165, 1.54) is 11.3 Å². The van der Waals surface area contributed by atoms with Crippen LogP contribution in [-0.2, 0) is 9.53 Å². The van der Waals surface area contributed by atoms with E-state index in [1.54, 1.807) is 35.2 Å². The van der Waals surface area contributed by atoms with Gasteiger partial charge in [0.05, 0.1) is 18.1 Å². The molecule has 0 spiro atoms. The number of benzene rings is 1. The first-order valence-corrected chi connectivity index (χ1v) is 8.53. The normalized spacial score (nSPS) is 14.2. The summed E-state index contributed by atoms with van der Waals surface area (Å²) in [5.41, 5.74) is 0.681. The average molecular weight is 346 g/mol. The van der Waals surface area contributed by atoms with Crippen molar-refractivity contribution < 1.29 is 19.1 Å². The van der Waals surface area contributed by atoms with Crippen LogP contribution >= 0.6 is 11.3 Å². The van der Waals surface area contributed by atoms with Crippen molar-refractivity contribution in [2.45, 2.75) is 0 Å². The number of carbonyl (C=O) groups excluding carboxylic acids is 2. The number of hydrogen-bond acceptors (Lipinski definition) is 5. The Hall–Kier alpha value is -2.38. The summed E-state index contributed by atoms with van der Waals surface area (Å²) in [5, 5.41) is 4.67. The van der Waals surface area contributed by atoms with E-state index >= 15 is 0 Å². The quantitative estimate of drug-likeness (QED) is 0.902. The molecule has 3 rings (SSSR count). The summed E-state index contributed by atoms with van der Waals surface area (Å²) in [5.74, 6) is 0.403. The van der Waals surface area contributed by atoms with Gasteiger partial charge in [0.1, 0.15) is 5.75 Å². The van der Waals surface area contributed by atoms with E-state index in [-0.39, 0.29) is 18.4 Å². The smallest absolute Gasteiger partial charge is 0.265 e. The van der Waals surface area contributed by atoms with Crippen LogP contribution < -0.4 is 10.1 Å². The lowest BCUT2D eigenvalue weighted by atomic mass is 10.3. The van der Waals surface area contributed by atoms with Gasteiger partial charge in [-0.1, -0.05) is 6.07 Å². The van der Waals surface area contributed by atoms with Gasteiger partial charge < -0.3 is 19.7 Å². The van der Waals surface area contributed by atoms with Crippen molar-refractivity contribution in [3.05, 3.63) is 46.7 Å². The predicted molar refractivity (Wildman–Crippen MR) is 91.6 cm³/mol. The predicted octanol–water partition coefficient (Wildman–Crippen LogP) is 2.24. The van der Waals surface area contributed by atoms with E-state index < -0.39 is 0 Å². The molecule has 126 valence electrons. The molecule has 6 nitrogen and oxygen atoms in total. The van der Waals surface area contributed by atoms with Crippen LogP contribution in [0.4, 0.5) is 5.69 Å². The Bertz CT molecular complexity index is 679. The van der Waals surface area contributed by atoms with Crippen LogP contribution in [0.3, 0.4) is 0 Å². The molecule has 1 aromatic carbocycles. The number of morpholine rings is 1. The zero-order valence-electron chi connectivity index (χ0n) is 13.1. The van der Waals surface area contributed by atoms with Gasteiger partial charge >= 0.3 is 0 Å². The van der Waals surface area contributed by atoms with Crippen LogP contribution in [0.25, 0.3) is 0 Å². The first-order valence-electron chi connectivity index (χ1n) is 7.65. The van der Waals surface area contributed by atoms with Crippen molar-refractivity contribution in [3.63, 3.8) is 0 Å². The molecule has 0 bridgehead atoms. The molecular weight excluding hydrogens is 328 g/mol. The fourth-order valence-corrected chi connectivity index (χ4v) is 2.90. The van der Waals surface area contributed by atoms with Gasteiger partial charge in [0, 0.05) is 18.8 Å². The first kappa shape index (κ1) is 16.5. The van der Waals surface area contributed by atoms with Crippen molar-refractivity contribution >= 4 is 28.8 Å². The van der Waals surface area contributed by atoms with Crippen LogP contribution in [0.1, 0.15) is 9.67 Å². The van der Waals surface area contributed by atoms with Crippen molar-refractivity contribution in [1.82, 2.24) is 4.90 Å². The summed E-state index contributed by atoms with van der Waals surface area (Å²) in [6, 6.07) is 10.6. The molecule has 1 aliphatic rings. The second kappa shape index (κ2) is 7.94. The minimum atomic E-state index is -0.138. The largest absolute Gasteiger partial charge is 0.484 e. The summed E-state index contributed by atoms with van der Waals surface area (Å²) in [6.07, 6.45) is 0. The molecule has 0 atom stereocenters. The number of nitrogens with one attached hydrogen (secondary N) is 1. The molecule has 0 radical (unpaired) electrons. The van der Waals surface area contributed by atoms with Crippen LogP contribution in [-0.4, -0.2) is 49.6 Å². The van der Waals surface area contributed by atoms with E-state index in [1.807, 2.05) is 11.4 Å². The van der Waals surface area contributed by atoms with Crippen molar-refractivity contribution in [2.24, 2.45) is 0 Å². The summed E-state index contributed by atoms with van der Waals surface area (Å²) >= 11 is 1.39. The molecule has 24 heavy (non-hydrogen) atoms. The highest BCUT2D eigenvalue weighted by Gasteiger charge is 2.17. The van der Waals surface area contributed by atoms with E-state index in [0.717, 1.165) is 0 Å². The number of thiophene rings is 1. The number of anilines is 1. The lowest BCUT2D eigenvalue weighted by molar-refractivity contribution is -0.137. The molecule has 2 aromatic rings. The van der Waals surface area contributed by atoms with Crippen LogP contribution in [0.5, 0.6) is 5.75 Å². The van der Waals surface area contributed by atoms with E-state index in [4.69, 9.17) is 9.47 Å². The Morgan fingerprint density at radius 2 is 1.92 bits per heavy atom. The maximum atomic E-state index is 12.0. The maximum Gasteiger partial charge on any atom is 0.265 e. The first-order chi connectivity index (χ1) is 11.7. The number of amides is 2. The van der Waals surface area contributed by atoms with E-state index in [2.05, 4.69) is 5.32 Å². The second-order valence-electron chi connectivity index (χ2n) is 5.24. The Morgan fingerprint density at radius 1 is 1.17 bits per heavy atom. The molecule has 0 unspecified atom stereocenters. The number of carbonyl (C=O) groups is 2. The fourth-order valence-electron chi connectivity index (χ4n) is 2.28. The molecule has 2 heterocycles. The molecule has 1 aliphatic heterocycles. The summed E-state index contributed by atoms with van der Waals surface area (Å²) < 4.78 is 10.7. The Labute approximate surface area is 144 Å². The summed E-state index contributed by atoms with van der Waals surface area (Å²) in [7, 11) is 0. The molecule has 0 aliphatic carbocycles. The van der Waals surface area contributed by atoms with Gasteiger partial charge in [-0.05, 0) is 35.7 Å². The number of nitrogens with zero attached hydrogens (tertiary/aromatic N) is 1. The average Bonchev–Trinajstić information content (AvgIpc) is 3.16. The Balaban J connectivity index is 1.49. The third kappa shape index (κ3) is 4.33. The van der Waals surface area contributed by atoms with Crippen molar-refractivity contribution in [1.29, 1.82) is 0 Å². The van der Waals surface area contributed by atoms with Gasteiger partial charge in [0.2, 0.25) is 0 Å². The molecule has 0 saturated carbocycles. The Kier molecular flexibility index (Phi) is 5.45. The SMILES string of the molecule is O=C(Nc1ccc(OCC(=O)N2CCOCC2)cc1)c1cccs1. The number of hydrogen-bond donors (Lipinski definition) is 1. The molecule has 2 amide bonds. The van der Waals surface area contributed by atoms with Gasteiger partial charge in [-0.15, -0.1) is 11.3 Å². The minimum absolute atomic E-state index is 0.000894. The van der Waals surface area contributed by atoms with Gasteiger partial charge in [-0.2, -0.15) is 0 Å². The molecule has 1 fully saturated rings. The molecule has 7 heteroatoms. The van der Waals surface area contributed by atoms with Crippen LogP contribution in [0, 0.1) is 0 Å². The standard InChI is InChI=1S/C17H18N2O4S/c20-16(19-7-9-22-10-8-19)12-23-14-5-3-13(4-6-14)18-17(21)15-2-1-11-24-15/h1-6,11H,7-10,12H2,(H,18,21). The Morgan fingerprint density at radius 3 is 2.58 bits per heavy atom. The molecule has 1 saturated heterocycles. The van der Waals surface area contributed by atoms with Gasteiger partial charge in [0.25, 0.3) is 11.8 Å². The molecule has 1 N–H and O–H groups in total. The van der Waals surface area contributed by atoms with Crippen LogP contribution in [0.15, 0.2) is 41.8 Å². The summed E-state index contributed by atoms with van der Waals surface area (Å²) in [4.78, 5) is 26.4. The molecular formula is C17H18N2O4S. The van der Waals surface area contributed by atoms with E-state index in [0.29, 0.717) is 42.6 Å². The maximum absolute atomic E-state index is 12.0. The van der Waals surface area contributed by atoms with Crippen molar-refractivity contribution in [3.8, 4) is 5.75 Å². The lowest BCUT2D eigenvalue weighted by Crippen LogP contribution is -2.42. The highest BCUT2D eigenvalue weighted by atomic mass is 32.1.